The Morgan fingerprint density at radius 3 is 2.89 bits per heavy atom. The van der Waals surface area contributed by atoms with Crippen LogP contribution in [-0.2, 0) is 9.59 Å². The number of hydrogen-bond acceptors (Lipinski definition) is 7. The highest BCUT2D eigenvalue weighted by Crippen LogP contribution is 2.33. The number of thiocarbonyl (C=S) groups is 1. The van der Waals surface area contributed by atoms with E-state index in [0.29, 0.717) is 14.4 Å². The zero-order valence-corrected chi connectivity index (χ0v) is 17.1. The third-order valence-electron chi connectivity index (χ3n) is 3.79. The second-order valence-corrected chi connectivity index (χ2v) is 9.32. The van der Waals surface area contributed by atoms with Crippen LogP contribution in [0.4, 0.5) is 5.13 Å². The van der Waals surface area contributed by atoms with Crippen molar-refractivity contribution < 1.29 is 9.59 Å². The summed E-state index contributed by atoms with van der Waals surface area (Å²) in [5.74, 6) is -0.337. The summed E-state index contributed by atoms with van der Waals surface area (Å²) in [6.45, 7) is 0.253. The smallest absolute Gasteiger partial charge is 0.266 e. The molecule has 5 nitrogen and oxygen atoms in total. The molecule has 0 spiro atoms. The molecule has 2 amide bonds. The molecule has 0 atom stereocenters. The van der Waals surface area contributed by atoms with E-state index in [1.807, 2.05) is 47.9 Å². The van der Waals surface area contributed by atoms with Crippen LogP contribution in [-0.4, -0.2) is 32.6 Å². The quantitative estimate of drug-likeness (QED) is 0.473. The zero-order chi connectivity index (χ0) is 18.8. The summed E-state index contributed by atoms with van der Waals surface area (Å²) >= 11 is 9.56. The normalized spacial score (nSPS) is 15.9. The maximum Gasteiger partial charge on any atom is 0.266 e. The zero-order valence-electron chi connectivity index (χ0n) is 13.9. The Kier molecular flexibility index (Phi) is 5.35. The summed E-state index contributed by atoms with van der Waals surface area (Å²) in [5, 5.41) is 5.32. The molecule has 4 rings (SSSR count). The lowest BCUT2D eigenvalue weighted by atomic mass is 10.3. The van der Waals surface area contributed by atoms with Gasteiger partial charge in [-0.05, 0) is 29.7 Å². The minimum Gasteiger partial charge on any atom is -0.302 e. The van der Waals surface area contributed by atoms with Crippen LogP contribution in [0.2, 0.25) is 0 Å². The molecule has 1 aliphatic rings. The summed E-state index contributed by atoms with van der Waals surface area (Å²) in [4.78, 5) is 32.3. The van der Waals surface area contributed by atoms with Crippen molar-refractivity contribution in [1.82, 2.24) is 9.88 Å². The van der Waals surface area contributed by atoms with Crippen LogP contribution in [0.25, 0.3) is 16.3 Å². The molecule has 9 heteroatoms. The number of nitrogens with zero attached hydrogens (tertiary/aromatic N) is 2. The molecule has 0 bridgehead atoms. The average Bonchev–Trinajstić information content (AvgIpc) is 3.34. The van der Waals surface area contributed by atoms with E-state index >= 15 is 0 Å². The van der Waals surface area contributed by atoms with Gasteiger partial charge in [0.25, 0.3) is 5.91 Å². The molecular weight excluding hydrogens is 418 g/mol. The molecule has 0 unspecified atom stereocenters. The topological polar surface area (TPSA) is 62.3 Å². The van der Waals surface area contributed by atoms with Gasteiger partial charge in [-0.2, -0.15) is 0 Å². The van der Waals surface area contributed by atoms with E-state index < -0.39 is 0 Å². The summed E-state index contributed by atoms with van der Waals surface area (Å²) < 4.78 is 1.50. The van der Waals surface area contributed by atoms with E-state index in [9.17, 15) is 9.59 Å². The molecular formula is C18H13N3O2S4. The third kappa shape index (κ3) is 4.11. The van der Waals surface area contributed by atoms with Crippen LogP contribution in [0.1, 0.15) is 11.3 Å². The van der Waals surface area contributed by atoms with Crippen molar-refractivity contribution >= 4 is 84.2 Å². The number of amides is 2. The minimum absolute atomic E-state index is 0.147. The maximum atomic E-state index is 12.5. The van der Waals surface area contributed by atoms with Gasteiger partial charge in [0.2, 0.25) is 5.91 Å². The number of thiazole rings is 1. The Labute approximate surface area is 173 Å². The number of carbonyl (C=O) groups excluding carboxylic acids is 2. The molecule has 27 heavy (non-hydrogen) atoms. The Bertz CT molecular complexity index is 1020. The van der Waals surface area contributed by atoms with Crippen LogP contribution >= 0.6 is 46.7 Å². The molecule has 3 heterocycles. The first-order chi connectivity index (χ1) is 13.1. The molecule has 0 radical (unpaired) electrons. The fraction of sp³-hybridized carbons (Fsp3) is 0.111. The van der Waals surface area contributed by atoms with Gasteiger partial charge in [0.15, 0.2) is 5.13 Å². The van der Waals surface area contributed by atoms with Crippen molar-refractivity contribution in [3.8, 4) is 0 Å². The molecule has 2 aromatic heterocycles. The summed E-state index contributed by atoms with van der Waals surface area (Å²) in [6.07, 6.45) is 2.00. The molecule has 1 aliphatic heterocycles. The predicted molar refractivity (Wildman–Crippen MR) is 117 cm³/mol. The number of carbonyl (C=O) groups is 2. The molecule has 1 N–H and O–H groups in total. The van der Waals surface area contributed by atoms with Crippen molar-refractivity contribution in [2.75, 3.05) is 11.9 Å². The SMILES string of the molecule is O=C(CCN1C(=O)/C(=C/c2cccs2)SC1=S)Nc1nc2ccccc2s1. The molecule has 136 valence electrons. The second-order valence-electron chi connectivity index (χ2n) is 5.63. The standard InChI is InChI=1S/C18H13N3O2S4/c22-15(20-17-19-12-5-1-2-6-13(12)26-17)7-8-21-16(23)14(27-18(21)24)10-11-4-3-9-25-11/h1-6,9-10H,7-8H2,(H,19,20,22)/b14-10-. The lowest BCUT2D eigenvalue weighted by Crippen LogP contribution is -2.31. The second kappa shape index (κ2) is 7.89. The van der Waals surface area contributed by atoms with Crippen LogP contribution in [0.3, 0.4) is 0 Å². The van der Waals surface area contributed by atoms with E-state index in [1.165, 1.54) is 28.0 Å². The average molecular weight is 432 g/mol. The molecule has 1 fully saturated rings. The summed E-state index contributed by atoms with van der Waals surface area (Å²) in [6, 6.07) is 11.6. The highest BCUT2D eigenvalue weighted by atomic mass is 32.2. The largest absolute Gasteiger partial charge is 0.302 e. The van der Waals surface area contributed by atoms with E-state index in [1.54, 1.807) is 11.3 Å². The van der Waals surface area contributed by atoms with Gasteiger partial charge in [0.05, 0.1) is 15.1 Å². The highest BCUT2D eigenvalue weighted by molar-refractivity contribution is 8.26. The lowest BCUT2D eigenvalue weighted by Gasteiger charge is -2.13. The number of rotatable bonds is 5. The van der Waals surface area contributed by atoms with Crippen molar-refractivity contribution in [3.05, 3.63) is 51.6 Å². The first-order valence-electron chi connectivity index (χ1n) is 8.04. The van der Waals surface area contributed by atoms with Crippen LogP contribution in [0, 0.1) is 0 Å². The monoisotopic (exact) mass is 431 g/mol. The van der Waals surface area contributed by atoms with E-state index in [-0.39, 0.29) is 24.8 Å². The number of fused-ring (bicyclic) bond motifs is 1. The van der Waals surface area contributed by atoms with Gasteiger partial charge in [-0.3, -0.25) is 14.5 Å². The number of thioether (sulfide) groups is 1. The van der Waals surface area contributed by atoms with Crippen molar-refractivity contribution in [3.63, 3.8) is 0 Å². The molecule has 1 aromatic carbocycles. The van der Waals surface area contributed by atoms with E-state index in [0.717, 1.165) is 15.1 Å². The van der Waals surface area contributed by atoms with Gasteiger partial charge >= 0.3 is 0 Å². The molecule has 3 aromatic rings. The summed E-state index contributed by atoms with van der Waals surface area (Å²) in [5.41, 5.74) is 0.855. The van der Waals surface area contributed by atoms with Gasteiger partial charge in [-0.15, -0.1) is 11.3 Å². The number of hydrogen-bond donors (Lipinski definition) is 1. The lowest BCUT2D eigenvalue weighted by molar-refractivity contribution is -0.122. The highest BCUT2D eigenvalue weighted by Gasteiger charge is 2.32. The Morgan fingerprint density at radius 1 is 1.26 bits per heavy atom. The number of nitrogens with one attached hydrogen (secondary N) is 1. The first kappa shape index (κ1) is 18.3. The number of anilines is 1. The van der Waals surface area contributed by atoms with Crippen LogP contribution in [0.15, 0.2) is 46.7 Å². The number of aromatic nitrogens is 1. The Balaban J connectivity index is 1.37. The Morgan fingerprint density at radius 2 is 2.11 bits per heavy atom. The van der Waals surface area contributed by atoms with E-state index in [4.69, 9.17) is 12.2 Å². The van der Waals surface area contributed by atoms with Crippen molar-refractivity contribution in [1.29, 1.82) is 0 Å². The first-order valence-corrected chi connectivity index (χ1v) is 11.0. The van der Waals surface area contributed by atoms with Gasteiger partial charge in [0, 0.05) is 17.8 Å². The minimum atomic E-state index is -0.189. The number of thiophene rings is 1. The Hall–Kier alpha value is -2.07. The summed E-state index contributed by atoms with van der Waals surface area (Å²) in [7, 11) is 0. The fourth-order valence-electron chi connectivity index (χ4n) is 2.52. The van der Waals surface area contributed by atoms with Crippen molar-refractivity contribution in [2.45, 2.75) is 6.42 Å². The molecule has 0 aliphatic carbocycles. The van der Waals surface area contributed by atoms with E-state index in [2.05, 4.69) is 10.3 Å². The third-order valence-corrected chi connectivity index (χ3v) is 6.94. The number of benzene rings is 1. The van der Waals surface area contributed by atoms with Crippen LogP contribution < -0.4 is 5.32 Å². The van der Waals surface area contributed by atoms with Gasteiger partial charge in [0.1, 0.15) is 4.32 Å². The van der Waals surface area contributed by atoms with Gasteiger partial charge < -0.3 is 5.32 Å². The van der Waals surface area contributed by atoms with Crippen LogP contribution in [0.5, 0.6) is 0 Å². The van der Waals surface area contributed by atoms with Crippen molar-refractivity contribution in [2.24, 2.45) is 0 Å². The molecule has 1 saturated heterocycles. The number of para-hydroxylation sites is 1. The predicted octanol–water partition coefficient (Wildman–Crippen LogP) is 4.59. The van der Waals surface area contributed by atoms with Gasteiger partial charge in [-0.25, -0.2) is 4.98 Å². The fourth-order valence-corrected chi connectivity index (χ4v) is 5.43. The van der Waals surface area contributed by atoms with Gasteiger partial charge in [-0.1, -0.05) is 53.5 Å². The molecule has 0 saturated carbocycles. The maximum absolute atomic E-state index is 12.5.